The summed E-state index contributed by atoms with van der Waals surface area (Å²) in [4.78, 5) is 2.61. The highest BCUT2D eigenvalue weighted by molar-refractivity contribution is 4.84. The normalized spacial score (nSPS) is 15.5. The summed E-state index contributed by atoms with van der Waals surface area (Å²) >= 11 is 0. The van der Waals surface area contributed by atoms with Crippen LogP contribution in [0.5, 0.6) is 0 Å². The Bertz CT molecular complexity index is 217. The van der Waals surface area contributed by atoms with Crippen LogP contribution in [0.25, 0.3) is 0 Å². The van der Waals surface area contributed by atoms with E-state index < -0.39 is 0 Å². The van der Waals surface area contributed by atoms with Gasteiger partial charge in [-0.1, -0.05) is 34.6 Å². The van der Waals surface area contributed by atoms with E-state index in [4.69, 9.17) is 0 Å². The number of rotatable bonds is 11. The topological polar surface area (TPSA) is 35.5 Å². The Balaban J connectivity index is 4.54. The van der Waals surface area contributed by atoms with Crippen LogP contribution in [-0.2, 0) is 0 Å². The molecule has 0 aliphatic carbocycles. The maximum absolute atomic E-state index is 9.58. The van der Waals surface area contributed by atoms with Gasteiger partial charge >= 0.3 is 0 Å². The number of hydrogen-bond donors (Lipinski definition) is 2. The third kappa shape index (κ3) is 7.28. The van der Waals surface area contributed by atoms with E-state index in [2.05, 4.69) is 51.8 Å². The highest BCUT2D eigenvalue weighted by Gasteiger charge is 2.24. The summed E-state index contributed by atoms with van der Waals surface area (Å²) in [6.07, 6.45) is 3.42. The lowest BCUT2D eigenvalue weighted by molar-refractivity contribution is 0.117. The first-order chi connectivity index (χ1) is 8.92. The molecule has 0 aliphatic heterocycles. The summed E-state index contributed by atoms with van der Waals surface area (Å²) in [7, 11) is 0. The average molecular weight is 272 g/mol. The molecule has 0 amide bonds. The minimum Gasteiger partial charge on any atom is -0.394 e. The van der Waals surface area contributed by atoms with Gasteiger partial charge in [-0.05, 0) is 38.6 Å². The number of nitrogens with zero attached hydrogens (tertiary/aromatic N) is 1. The molecule has 0 saturated carbocycles. The number of likely N-dealkylation sites (N-methyl/N-ethyl adjacent to an activating group) is 1. The lowest BCUT2D eigenvalue weighted by Crippen LogP contribution is -2.49. The Labute approximate surface area is 120 Å². The van der Waals surface area contributed by atoms with Gasteiger partial charge < -0.3 is 15.3 Å². The molecule has 0 fully saturated rings. The van der Waals surface area contributed by atoms with Crippen molar-refractivity contribution in [3.05, 3.63) is 0 Å². The molecule has 0 saturated heterocycles. The second kappa shape index (κ2) is 9.73. The molecule has 0 aromatic heterocycles. The Hall–Kier alpha value is -0.120. The highest BCUT2D eigenvalue weighted by Crippen LogP contribution is 2.16. The number of hydrogen-bond acceptors (Lipinski definition) is 3. The first-order valence-electron chi connectivity index (χ1n) is 8.02. The Kier molecular flexibility index (Phi) is 9.67. The second-order valence-corrected chi connectivity index (χ2v) is 6.36. The molecular weight excluding hydrogens is 236 g/mol. The fraction of sp³-hybridized carbons (Fsp3) is 1.00. The predicted octanol–water partition coefficient (Wildman–Crippen LogP) is 2.88. The molecule has 19 heavy (non-hydrogen) atoms. The van der Waals surface area contributed by atoms with Gasteiger partial charge in [-0.25, -0.2) is 0 Å². The third-order valence-electron chi connectivity index (χ3n) is 3.96. The van der Waals surface area contributed by atoms with Crippen LogP contribution in [-0.4, -0.2) is 47.8 Å². The maximum atomic E-state index is 9.58. The fourth-order valence-electron chi connectivity index (χ4n) is 2.74. The minimum absolute atomic E-state index is 0.143. The van der Waals surface area contributed by atoms with E-state index in [0.29, 0.717) is 12.0 Å². The first-order valence-corrected chi connectivity index (χ1v) is 8.02. The quantitative estimate of drug-likeness (QED) is 0.607. The number of aliphatic hydroxyl groups excluding tert-OH is 1. The van der Waals surface area contributed by atoms with Gasteiger partial charge in [0.15, 0.2) is 0 Å². The largest absolute Gasteiger partial charge is 0.394 e. The van der Waals surface area contributed by atoms with Crippen molar-refractivity contribution in [2.24, 2.45) is 5.92 Å². The van der Waals surface area contributed by atoms with Gasteiger partial charge in [-0.2, -0.15) is 0 Å². The van der Waals surface area contributed by atoms with Gasteiger partial charge in [0.05, 0.1) is 6.61 Å². The second-order valence-electron chi connectivity index (χ2n) is 6.36. The van der Waals surface area contributed by atoms with E-state index in [1.807, 2.05) is 0 Å². The first kappa shape index (κ1) is 18.9. The number of aliphatic hydroxyl groups is 1. The molecule has 0 heterocycles. The molecule has 0 rings (SSSR count). The maximum Gasteiger partial charge on any atom is 0.0611 e. The Morgan fingerprint density at radius 2 is 1.74 bits per heavy atom. The molecular formula is C16H36N2O. The Morgan fingerprint density at radius 1 is 1.16 bits per heavy atom. The summed E-state index contributed by atoms with van der Waals surface area (Å²) < 4.78 is 0. The van der Waals surface area contributed by atoms with E-state index in [1.165, 1.54) is 12.8 Å². The van der Waals surface area contributed by atoms with E-state index >= 15 is 0 Å². The molecule has 0 bridgehead atoms. The van der Waals surface area contributed by atoms with Gasteiger partial charge in [-0.15, -0.1) is 0 Å². The van der Waals surface area contributed by atoms with Crippen molar-refractivity contribution in [3.63, 3.8) is 0 Å². The van der Waals surface area contributed by atoms with Crippen LogP contribution in [0, 0.1) is 5.92 Å². The lowest BCUT2D eigenvalue weighted by atomic mass is 9.97. The zero-order valence-electron chi connectivity index (χ0n) is 14.0. The molecule has 3 heteroatoms. The van der Waals surface area contributed by atoms with Crippen molar-refractivity contribution in [2.45, 2.75) is 72.4 Å². The van der Waals surface area contributed by atoms with Crippen LogP contribution < -0.4 is 5.32 Å². The molecule has 3 nitrogen and oxygen atoms in total. The molecule has 0 aromatic carbocycles. The monoisotopic (exact) mass is 272 g/mol. The predicted molar refractivity (Wildman–Crippen MR) is 84.6 cm³/mol. The third-order valence-corrected chi connectivity index (χ3v) is 3.96. The van der Waals surface area contributed by atoms with Crippen molar-refractivity contribution in [1.29, 1.82) is 0 Å². The minimum atomic E-state index is -0.143. The SMILES string of the molecule is CCNC(C)(CO)CCN(CC(C)C)C(CC)CC. The van der Waals surface area contributed by atoms with Crippen molar-refractivity contribution in [2.75, 3.05) is 26.2 Å². The number of nitrogens with one attached hydrogen (secondary N) is 1. The van der Waals surface area contributed by atoms with Crippen LogP contribution in [0.15, 0.2) is 0 Å². The molecule has 0 aliphatic rings. The van der Waals surface area contributed by atoms with Crippen LogP contribution in [0.1, 0.15) is 60.8 Å². The summed E-state index contributed by atoms with van der Waals surface area (Å²) in [5.74, 6) is 0.695. The molecule has 116 valence electrons. The van der Waals surface area contributed by atoms with Crippen molar-refractivity contribution < 1.29 is 5.11 Å². The van der Waals surface area contributed by atoms with Crippen LogP contribution in [0.4, 0.5) is 0 Å². The molecule has 1 atom stereocenters. The van der Waals surface area contributed by atoms with Gasteiger partial charge in [0.2, 0.25) is 0 Å². The fourth-order valence-corrected chi connectivity index (χ4v) is 2.74. The van der Waals surface area contributed by atoms with Crippen molar-refractivity contribution in [1.82, 2.24) is 10.2 Å². The summed E-state index contributed by atoms with van der Waals surface area (Å²) in [6.45, 7) is 16.7. The van der Waals surface area contributed by atoms with E-state index in [1.54, 1.807) is 0 Å². The average Bonchev–Trinajstić information content (AvgIpc) is 2.37. The van der Waals surface area contributed by atoms with Crippen molar-refractivity contribution in [3.8, 4) is 0 Å². The smallest absolute Gasteiger partial charge is 0.0611 e. The zero-order chi connectivity index (χ0) is 14.9. The zero-order valence-corrected chi connectivity index (χ0v) is 14.0. The van der Waals surface area contributed by atoms with Gasteiger partial charge in [0.25, 0.3) is 0 Å². The van der Waals surface area contributed by atoms with Crippen LogP contribution in [0.3, 0.4) is 0 Å². The molecule has 0 aromatic rings. The van der Waals surface area contributed by atoms with E-state index in [9.17, 15) is 5.11 Å². The highest BCUT2D eigenvalue weighted by atomic mass is 16.3. The van der Waals surface area contributed by atoms with Gasteiger partial charge in [-0.3, -0.25) is 0 Å². The van der Waals surface area contributed by atoms with Gasteiger partial charge in [0, 0.05) is 24.7 Å². The molecule has 2 N–H and O–H groups in total. The van der Waals surface area contributed by atoms with Gasteiger partial charge in [0.1, 0.15) is 0 Å². The van der Waals surface area contributed by atoms with E-state index in [-0.39, 0.29) is 12.1 Å². The van der Waals surface area contributed by atoms with Crippen LogP contribution in [0.2, 0.25) is 0 Å². The summed E-state index contributed by atoms with van der Waals surface area (Å²) in [5.41, 5.74) is -0.143. The lowest BCUT2D eigenvalue weighted by Gasteiger charge is -2.36. The molecule has 0 radical (unpaired) electrons. The van der Waals surface area contributed by atoms with E-state index in [0.717, 1.165) is 26.1 Å². The van der Waals surface area contributed by atoms with Crippen LogP contribution >= 0.6 is 0 Å². The molecule has 1 unspecified atom stereocenters. The summed E-state index contributed by atoms with van der Waals surface area (Å²) in [5, 5.41) is 13.0. The standard InChI is InChI=1S/C16H36N2O/c1-7-15(8-2)18(12-14(4)5)11-10-16(6,13-19)17-9-3/h14-15,17,19H,7-13H2,1-6H3. The summed E-state index contributed by atoms with van der Waals surface area (Å²) in [6, 6.07) is 0.673. The van der Waals surface area contributed by atoms with Crippen molar-refractivity contribution >= 4 is 0 Å². The Morgan fingerprint density at radius 3 is 2.11 bits per heavy atom. The molecule has 0 spiro atoms.